The third kappa shape index (κ3) is 3.82. The Morgan fingerprint density at radius 2 is 1.83 bits per heavy atom. The minimum Gasteiger partial charge on any atom is -0.347 e. The Morgan fingerprint density at radius 1 is 1.08 bits per heavy atom. The lowest BCUT2D eigenvalue weighted by Crippen LogP contribution is -2.17. The van der Waals surface area contributed by atoms with E-state index in [9.17, 15) is 0 Å². The van der Waals surface area contributed by atoms with Gasteiger partial charge in [0.2, 0.25) is 16.3 Å². The molecule has 1 fully saturated rings. The fourth-order valence-electron chi connectivity index (χ4n) is 2.75. The number of aromatic nitrogens is 7. The molecule has 2 aromatic heterocycles. The molecule has 0 unspecified atom stereocenters. The quantitative estimate of drug-likeness (QED) is 0.815. The van der Waals surface area contributed by atoms with Gasteiger partial charge in [0.25, 0.3) is 0 Å². The van der Waals surface area contributed by atoms with Crippen LogP contribution in [-0.2, 0) is 0 Å². The van der Waals surface area contributed by atoms with E-state index >= 15 is 0 Å². The van der Waals surface area contributed by atoms with Crippen molar-refractivity contribution >= 4 is 17.7 Å². The Morgan fingerprint density at radius 3 is 2.50 bits per heavy atom. The molecule has 0 saturated heterocycles. The third-order valence-corrected chi connectivity index (χ3v) is 4.92. The molecule has 0 N–H and O–H groups in total. The highest BCUT2D eigenvalue weighted by molar-refractivity contribution is 7.99. The van der Waals surface area contributed by atoms with Gasteiger partial charge < -0.3 is 4.90 Å². The number of hydrogen-bond acceptors (Lipinski definition) is 8. The summed E-state index contributed by atoms with van der Waals surface area (Å²) in [6.45, 7) is 4.16. The summed E-state index contributed by atoms with van der Waals surface area (Å²) in [5, 5.41) is 13.7. The van der Waals surface area contributed by atoms with Crippen molar-refractivity contribution in [1.82, 2.24) is 35.2 Å². The maximum atomic E-state index is 4.58. The summed E-state index contributed by atoms with van der Waals surface area (Å²) >= 11 is 1.42. The molecular weight excluding hydrogens is 324 g/mol. The molecular formula is C15H24N8S. The first-order valence-corrected chi connectivity index (χ1v) is 9.25. The van der Waals surface area contributed by atoms with Crippen LogP contribution in [0, 0.1) is 0 Å². The van der Waals surface area contributed by atoms with Crippen molar-refractivity contribution in [2.45, 2.75) is 68.2 Å². The SMILES string of the molecule is CC(C)c1nc(Sc2nnnn2C2CCCCC2)nc(N(C)C)n1. The highest BCUT2D eigenvalue weighted by atomic mass is 32.2. The van der Waals surface area contributed by atoms with Crippen LogP contribution in [0.3, 0.4) is 0 Å². The van der Waals surface area contributed by atoms with Crippen LogP contribution in [0.25, 0.3) is 0 Å². The molecule has 1 saturated carbocycles. The van der Waals surface area contributed by atoms with Crippen molar-refractivity contribution < 1.29 is 0 Å². The lowest BCUT2D eigenvalue weighted by atomic mass is 9.96. The predicted octanol–water partition coefficient (Wildman–Crippen LogP) is 2.70. The summed E-state index contributed by atoms with van der Waals surface area (Å²) in [7, 11) is 3.86. The predicted molar refractivity (Wildman–Crippen MR) is 92.3 cm³/mol. The third-order valence-electron chi connectivity index (χ3n) is 4.10. The van der Waals surface area contributed by atoms with Crippen molar-refractivity contribution in [2.24, 2.45) is 0 Å². The highest BCUT2D eigenvalue weighted by Crippen LogP contribution is 2.32. The fraction of sp³-hybridized carbons (Fsp3) is 0.733. The van der Waals surface area contributed by atoms with Crippen molar-refractivity contribution in [3.8, 4) is 0 Å². The van der Waals surface area contributed by atoms with Gasteiger partial charge >= 0.3 is 0 Å². The zero-order valence-electron chi connectivity index (χ0n) is 14.7. The summed E-state index contributed by atoms with van der Waals surface area (Å²) in [6.07, 6.45) is 6.05. The van der Waals surface area contributed by atoms with Gasteiger partial charge in [0, 0.05) is 20.0 Å². The van der Waals surface area contributed by atoms with Gasteiger partial charge in [-0.3, -0.25) is 0 Å². The molecule has 0 amide bonds. The lowest BCUT2D eigenvalue weighted by molar-refractivity contribution is 0.307. The molecule has 1 aliphatic rings. The van der Waals surface area contributed by atoms with Crippen LogP contribution < -0.4 is 4.90 Å². The number of hydrogen-bond donors (Lipinski definition) is 0. The molecule has 24 heavy (non-hydrogen) atoms. The van der Waals surface area contributed by atoms with Crippen LogP contribution in [0.5, 0.6) is 0 Å². The van der Waals surface area contributed by atoms with E-state index < -0.39 is 0 Å². The topological polar surface area (TPSA) is 85.5 Å². The molecule has 0 atom stereocenters. The average Bonchev–Trinajstić information content (AvgIpc) is 3.03. The second-order valence-electron chi connectivity index (χ2n) is 6.63. The zero-order valence-corrected chi connectivity index (χ0v) is 15.5. The Hall–Kier alpha value is -1.77. The highest BCUT2D eigenvalue weighted by Gasteiger charge is 2.22. The maximum absolute atomic E-state index is 4.58. The normalized spacial score (nSPS) is 15.9. The first kappa shape index (κ1) is 17.1. The molecule has 8 nitrogen and oxygen atoms in total. The van der Waals surface area contributed by atoms with Gasteiger partial charge in [0.15, 0.2) is 0 Å². The Balaban J connectivity index is 1.87. The number of rotatable bonds is 5. The monoisotopic (exact) mass is 348 g/mol. The molecule has 1 aliphatic carbocycles. The molecule has 0 aromatic carbocycles. The molecule has 0 spiro atoms. The maximum Gasteiger partial charge on any atom is 0.229 e. The van der Waals surface area contributed by atoms with E-state index in [1.165, 1.54) is 31.0 Å². The van der Waals surface area contributed by atoms with Gasteiger partial charge in [-0.2, -0.15) is 9.97 Å². The summed E-state index contributed by atoms with van der Waals surface area (Å²) < 4.78 is 1.94. The van der Waals surface area contributed by atoms with Crippen molar-refractivity contribution in [3.05, 3.63) is 5.82 Å². The van der Waals surface area contributed by atoms with Crippen molar-refractivity contribution in [3.63, 3.8) is 0 Å². The molecule has 2 heterocycles. The fourth-order valence-corrected chi connectivity index (χ4v) is 3.54. The largest absolute Gasteiger partial charge is 0.347 e. The van der Waals surface area contributed by atoms with E-state index in [1.54, 1.807) is 0 Å². The van der Waals surface area contributed by atoms with Gasteiger partial charge in [0.1, 0.15) is 5.82 Å². The van der Waals surface area contributed by atoms with Crippen LogP contribution in [-0.4, -0.2) is 49.3 Å². The van der Waals surface area contributed by atoms with Crippen molar-refractivity contribution in [1.29, 1.82) is 0 Å². The van der Waals surface area contributed by atoms with Gasteiger partial charge in [-0.25, -0.2) is 9.67 Å². The first-order valence-electron chi connectivity index (χ1n) is 8.43. The summed E-state index contributed by atoms with van der Waals surface area (Å²) in [4.78, 5) is 15.5. The standard InChI is InChI=1S/C15H24N8S/c1-10(2)12-16-13(22(3)4)18-14(17-12)24-15-19-20-21-23(15)11-8-6-5-7-9-11/h10-11H,5-9H2,1-4H3. The van der Waals surface area contributed by atoms with E-state index in [0.29, 0.717) is 17.1 Å². The van der Waals surface area contributed by atoms with Crippen LogP contribution in [0.15, 0.2) is 10.3 Å². The molecule has 0 bridgehead atoms. The van der Waals surface area contributed by atoms with E-state index in [-0.39, 0.29) is 5.92 Å². The Kier molecular flexibility index (Phi) is 5.27. The average molecular weight is 348 g/mol. The second kappa shape index (κ2) is 7.42. The molecule has 2 aromatic rings. The van der Waals surface area contributed by atoms with Crippen LogP contribution >= 0.6 is 11.8 Å². The van der Waals surface area contributed by atoms with E-state index in [2.05, 4.69) is 44.3 Å². The van der Waals surface area contributed by atoms with Gasteiger partial charge in [0.05, 0.1) is 6.04 Å². The van der Waals surface area contributed by atoms with E-state index in [1.807, 2.05) is 23.7 Å². The number of anilines is 1. The lowest BCUT2D eigenvalue weighted by Gasteiger charge is -2.21. The molecule has 9 heteroatoms. The van der Waals surface area contributed by atoms with Crippen LogP contribution in [0.4, 0.5) is 5.95 Å². The Bertz CT molecular complexity index is 652. The van der Waals surface area contributed by atoms with Crippen LogP contribution in [0.2, 0.25) is 0 Å². The van der Waals surface area contributed by atoms with Crippen LogP contribution in [0.1, 0.15) is 63.7 Å². The first-order chi connectivity index (χ1) is 11.5. The summed E-state index contributed by atoms with van der Waals surface area (Å²) in [5.41, 5.74) is 0. The van der Waals surface area contributed by atoms with Gasteiger partial charge in [-0.05, 0) is 35.0 Å². The van der Waals surface area contributed by atoms with Gasteiger partial charge in [-0.1, -0.05) is 33.1 Å². The Labute approximate surface area is 146 Å². The molecule has 0 radical (unpaired) electrons. The minimum absolute atomic E-state index is 0.236. The minimum atomic E-state index is 0.236. The number of tetrazole rings is 1. The molecule has 0 aliphatic heterocycles. The smallest absolute Gasteiger partial charge is 0.229 e. The second-order valence-corrected chi connectivity index (χ2v) is 7.56. The number of nitrogens with zero attached hydrogens (tertiary/aromatic N) is 8. The van der Waals surface area contributed by atoms with Gasteiger partial charge in [-0.15, -0.1) is 5.10 Å². The summed E-state index contributed by atoms with van der Waals surface area (Å²) in [5.74, 6) is 1.68. The summed E-state index contributed by atoms with van der Waals surface area (Å²) in [6, 6.07) is 0.385. The zero-order chi connectivity index (χ0) is 17.1. The molecule has 3 rings (SSSR count). The van der Waals surface area contributed by atoms with E-state index in [0.717, 1.165) is 23.8 Å². The van der Waals surface area contributed by atoms with E-state index in [4.69, 9.17) is 0 Å². The molecule has 130 valence electrons. The van der Waals surface area contributed by atoms with Crippen molar-refractivity contribution in [2.75, 3.05) is 19.0 Å².